The number of rotatable bonds is 6. The Morgan fingerprint density at radius 1 is 1.15 bits per heavy atom. The van der Waals surface area contributed by atoms with Crippen LogP contribution in [-0.2, 0) is 9.59 Å². The lowest BCUT2D eigenvalue weighted by Crippen LogP contribution is -2.45. The second-order valence-electron chi connectivity index (χ2n) is 7.57. The van der Waals surface area contributed by atoms with Gasteiger partial charge in [-0.3, -0.25) is 14.5 Å². The van der Waals surface area contributed by atoms with E-state index in [9.17, 15) is 18.8 Å². The SMILES string of the molecule is COc1cccc(C2NC(=O)N(C)C3=C2C(=O)N(CC(=O)Nc2ccccc2F)C3)c1OC. The molecule has 1 atom stereocenters. The van der Waals surface area contributed by atoms with Crippen molar-refractivity contribution < 1.29 is 28.2 Å². The summed E-state index contributed by atoms with van der Waals surface area (Å²) in [6, 6.07) is 9.78. The lowest BCUT2D eigenvalue weighted by Gasteiger charge is -2.31. The maximum Gasteiger partial charge on any atom is 0.322 e. The van der Waals surface area contributed by atoms with Gasteiger partial charge >= 0.3 is 6.03 Å². The number of benzene rings is 2. The van der Waals surface area contributed by atoms with Crippen molar-refractivity contribution in [1.29, 1.82) is 0 Å². The maximum absolute atomic E-state index is 13.9. The molecule has 2 N–H and O–H groups in total. The zero-order valence-electron chi connectivity index (χ0n) is 18.3. The molecule has 0 aromatic heterocycles. The van der Waals surface area contributed by atoms with Crippen LogP contribution in [0.5, 0.6) is 11.5 Å². The molecule has 9 nitrogen and oxygen atoms in total. The summed E-state index contributed by atoms with van der Waals surface area (Å²) in [4.78, 5) is 41.2. The van der Waals surface area contributed by atoms with Crippen LogP contribution in [0.1, 0.15) is 11.6 Å². The third-order valence-corrected chi connectivity index (χ3v) is 5.66. The van der Waals surface area contributed by atoms with E-state index in [1.54, 1.807) is 31.3 Å². The van der Waals surface area contributed by atoms with Crippen LogP contribution in [0.3, 0.4) is 0 Å². The van der Waals surface area contributed by atoms with Gasteiger partial charge in [0.2, 0.25) is 5.91 Å². The van der Waals surface area contributed by atoms with Crippen molar-refractivity contribution in [2.24, 2.45) is 0 Å². The van der Waals surface area contributed by atoms with E-state index in [0.717, 1.165) is 0 Å². The van der Waals surface area contributed by atoms with Gasteiger partial charge in [0.05, 0.1) is 43.8 Å². The van der Waals surface area contributed by atoms with Gasteiger partial charge < -0.3 is 25.0 Å². The summed E-state index contributed by atoms with van der Waals surface area (Å²) >= 11 is 0. The lowest BCUT2D eigenvalue weighted by molar-refractivity contribution is -0.130. The fraction of sp³-hybridized carbons (Fsp3) is 0.261. The fourth-order valence-electron chi connectivity index (χ4n) is 4.05. The van der Waals surface area contributed by atoms with E-state index in [-0.39, 0.29) is 18.8 Å². The summed E-state index contributed by atoms with van der Waals surface area (Å²) in [5.41, 5.74) is 1.40. The van der Waals surface area contributed by atoms with Crippen molar-refractivity contribution in [2.75, 3.05) is 39.7 Å². The van der Waals surface area contributed by atoms with Crippen LogP contribution >= 0.6 is 0 Å². The predicted molar refractivity (Wildman–Crippen MR) is 117 cm³/mol. The summed E-state index contributed by atoms with van der Waals surface area (Å²) in [5, 5.41) is 5.30. The molecule has 4 amide bonds. The third-order valence-electron chi connectivity index (χ3n) is 5.66. The van der Waals surface area contributed by atoms with Gasteiger partial charge in [-0.1, -0.05) is 24.3 Å². The van der Waals surface area contributed by atoms with Crippen molar-refractivity contribution in [2.45, 2.75) is 6.04 Å². The summed E-state index contributed by atoms with van der Waals surface area (Å²) in [6.45, 7) is -0.240. The highest BCUT2D eigenvalue weighted by Crippen LogP contribution is 2.42. The molecule has 2 aromatic rings. The number of nitrogens with zero attached hydrogens (tertiary/aromatic N) is 2. The molecular weight excluding hydrogens is 431 g/mol. The molecule has 10 heteroatoms. The minimum Gasteiger partial charge on any atom is -0.493 e. The number of hydrogen-bond donors (Lipinski definition) is 2. The quantitative estimate of drug-likeness (QED) is 0.698. The number of anilines is 1. The Bertz CT molecular complexity index is 1170. The van der Waals surface area contributed by atoms with E-state index < -0.39 is 29.7 Å². The Kier molecular flexibility index (Phi) is 5.91. The van der Waals surface area contributed by atoms with Crippen LogP contribution in [0.2, 0.25) is 0 Å². The Hall–Kier alpha value is -4.08. The highest BCUT2D eigenvalue weighted by Gasteiger charge is 2.44. The summed E-state index contributed by atoms with van der Waals surface area (Å²) in [6.07, 6.45) is 0. The normalized spacial score (nSPS) is 17.6. The second-order valence-corrected chi connectivity index (χ2v) is 7.57. The van der Waals surface area contributed by atoms with E-state index in [1.165, 1.54) is 42.2 Å². The number of para-hydroxylation sites is 2. The van der Waals surface area contributed by atoms with Gasteiger partial charge in [0.1, 0.15) is 12.4 Å². The van der Waals surface area contributed by atoms with Crippen molar-refractivity contribution in [1.82, 2.24) is 15.1 Å². The number of urea groups is 1. The lowest BCUT2D eigenvalue weighted by atomic mass is 9.94. The first kappa shape index (κ1) is 22.1. The van der Waals surface area contributed by atoms with Gasteiger partial charge in [-0.05, 0) is 18.2 Å². The molecule has 33 heavy (non-hydrogen) atoms. The number of methoxy groups -OCH3 is 2. The molecule has 0 aliphatic carbocycles. The summed E-state index contributed by atoms with van der Waals surface area (Å²) in [5.74, 6) is -0.681. The average molecular weight is 454 g/mol. The molecule has 2 aliphatic heterocycles. The minimum atomic E-state index is -0.791. The number of hydrogen-bond acceptors (Lipinski definition) is 5. The van der Waals surface area contributed by atoms with E-state index in [1.807, 2.05) is 0 Å². The highest BCUT2D eigenvalue weighted by atomic mass is 19.1. The first-order chi connectivity index (χ1) is 15.8. The number of carbonyl (C=O) groups is 3. The van der Waals surface area contributed by atoms with E-state index >= 15 is 0 Å². The van der Waals surface area contributed by atoms with Crippen molar-refractivity contribution >= 4 is 23.5 Å². The Labute approximate surface area is 189 Å². The van der Waals surface area contributed by atoms with Crippen LogP contribution in [-0.4, -0.2) is 62.0 Å². The van der Waals surface area contributed by atoms with Gasteiger partial charge in [0.15, 0.2) is 11.5 Å². The van der Waals surface area contributed by atoms with Crippen molar-refractivity contribution in [3.63, 3.8) is 0 Å². The van der Waals surface area contributed by atoms with E-state index in [0.29, 0.717) is 28.3 Å². The molecule has 1 unspecified atom stereocenters. The first-order valence-corrected chi connectivity index (χ1v) is 10.2. The molecule has 172 valence electrons. The molecule has 2 aromatic carbocycles. The molecule has 0 fully saturated rings. The fourth-order valence-corrected chi connectivity index (χ4v) is 4.05. The molecule has 2 aliphatic rings. The van der Waals surface area contributed by atoms with Crippen LogP contribution in [0, 0.1) is 5.82 Å². The summed E-state index contributed by atoms with van der Waals surface area (Å²) in [7, 11) is 4.53. The molecule has 0 radical (unpaired) electrons. The first-order valence-electron chi connectivity index (χ1n) is 10.2. The van der Waals surface area contributed by atoms with Crippen LogP contribution in [0.25, 0.3) is 0 Å². The number of likely N-dealkylation sites (N-methyl/N-ethyl adjacent to an activating group) is 1. The van der Waals surface area contributed by atoms with Gasteiger partial charge in [0, 0.05) is 12.6 Å². The maximum atomic E-state index is 13.9. The van der Waals surface area contributed by atoms with Gasteiger partial charge in [-0.15, -0.1) is 0 Å². The second kappa shape index (κ2) is 8.81. The number of amides is 4. The van der Waals surface area contributed by atoms with Gasteiger partial charge in [-0.2, -0.15) is 0 Å². The zero-order chi connectivity index (χ0) is 23.7. The molecule has 0 spiro atoms. The third kappa shape index (κ3) is 3.95. The molecule has 0 saturated carbocycles. The molecule has 0 saturated heterocycles. The van der Waals surface area contributed by atoms with Crippen molar-refractivity contribution in [3.05, 3.63) is 65.1 Å². The van der Waals surface area contributed by atoms with Gasteiger partial charge in [0.25, 0.3) is 5.91 Å². The Balaban J connectivity index is 1.62. The summed E-state index contributed by atoms with van der Waals surface area (Å²) < 4.78 is 24.7. The van der Waals surface area contributed by atoms with Crippen LogP contribution in [0.4, 0.5) is 14.9 Å². The smallest absolute Gasteiger partial charge is 0.322 e. The standard InChI is InChI=1S/C23H23FN4O5/c1-27-16-11-28(12-18(29)25-15-9-5-4-8-14(15)24)22(30)19(16)20(26-23(27)31)13-7-6-10-17(32-2)21(13)33-3/h4-10,20H,11-12H2,1-3H3,(H,25,29)(H,26,31). The van der Waals surface area contributed by atoms with E-state index in [4.69, 9.17) is 9.47 Å². The molecule has 4 rings (SSSR count). The molecule has 2 heterocycles. The predicted octanol–water partition coefficient (Wildman–Crippen LogP) is 2.27. The molecular formula is C23H23FN4O5. The zero-order valence-corrected chi connectivity index (χ0v) is 18.3. The Morgan fingerprint density at radius 2 is 1.91 bits per heavy atom. The van der Waals surface area contributed by atoms with Crippen LogP contribution < -0.4 is 20.1 Å². The van der Waals surface area contributed by atoms with E-state index in [2.05, 4.69) is 10.6 Å². The average Bonchev–Trinajstić information content (AvgIpc) is 3.13. The largest absolute Gasteiger partial charge is 0.493 e. The molecule has 0 bridgehead atoms. The highest BCUT2D eigenvalue weighted by molar-refractivity contribution is 6.04. The topological polar surface area (TPSA) is 100 Å². The number of carbonyl (C=O) groups excluding carboxylic acids is 3. The minimum absolute atomic E-state index is 0.0276. The van der Waals surface area contributed by atoms with Crippen molar-refractivity contribution in [3.8, 4) is 11.5 Å². The Morgan fingerprint density at radius 3 is 2.61 bits per heavy atom. The van der Waals surface area contributed by atoms with Gasteiger partial charge in [-0.25, -0.2) is 9.18 Å². The number of ether oxygens (including phenoxy) is 2. The monoisotopic (exact) mass is 454 g/mol. The number of nitrogens with one attached hydrogen (secondary N) is 2. The van der Waals surface area contributed by atoms with Crippen LogP contribution in [0.15, 0.2) is 53.7 Å². The number of halogens is 1.